The lowest BCUT2D eigenvalue weighted by atomic mass is 9.90. The fourth-order valence-corrected chi connectivity index (χ4v) is 3.21. The smallest absolute Gasteiger partial charge is 0.157 e. The summed E-state index contributed by atoms with van der Waals surface area (Å²) < 4.78 is 12.2. The molecule has 2 heteroatoms. The molecule has 2 nitrogen and oxygen atoms in total. The molecule has 0 aliphatic carbocycles. The molecule has 0 aromatic heterocycles. The number of hydrogen-bond acceptors (Lipinski definition) is 2. The number of hydrogen-bond donors (Lipinski definition) is 0. The fourth-order valence-electron chi connectivity index (χ4n) is 3.21. The van der Waals surface area contributed by atoms with Crippen LogP contribution in [0.15, 0.2) is 0 Å². The zero-order chi connectivity index (χ0) is 19.5. The van der Waals surface area contributed by atoms with Crippen LogP contribution in [0.1, 0.15) is 131 Å². The zero-order valence-electron chi connectivity index (χ0n) is 18.9. The van der Waals surface area contributed by atoms with Gasteiger partial charge in [0.1, 0.15) is 0 Å². The van der Waals surface area contributed by atoms with Crippen molar-refractivity contribution in [3.05, 3.63) is 0 Å². The molecule has 0 unspecified atom stereocenters. The monoisotopic (exact) mass is 370 g/mol. The molecule has 0 radical (unpaired) electrons. The molecule has 0 saturated carbocycles. The van der Waals surface area contributed by atoms with E-state index in [4.69, 9.17) is 9.47 Å². The van der Waals surface area contributed by atoms with Gasteiger partial charge in [0.2, 0.25) is 0 Å². The summed E-state index contributed by atoms with van der Waals surface area (Å²) in [7, 11) is 0. The highest BCUT2D eigenvalue weighted by Gasteiger charge is 2.14. The highest BCUT2D eigenvalue weighted by atomic mass is 16.7. The van der Waals surface area contributed by atoms with Crippen molar-refractivity contribution in [3.63, 3.8) is 0 Å². The average Bonchev–Trinajstić information content (AvgIpc) is 2.58. The molecule has 0 heterocycles. The molecule has 0 aromatic carbocycles. The third-order valence-electron chi connectivity index (χ3n) is 4.97. The Kier molecular flexibility index (Phi) is 18.2. The van der Waals surface area contributed by atoms with Crippen LogP contribution in [0.2, 0.25) is 0 Å². The van der Waals surface area contributed by atoms with Crippen molar-refractivity contribution >= 4 is 0 Å². The van der Waals surface area contributed by atoms with Crippen molar-refractivity contribution < 1.29 is 9.47 Å². The van der Waals surface area contributed by atoms with E-state index in [0.29, 0.717) is 5.41 Å². The van der Waals surface area contributed by atoms with Gasteiger partial charge in [-0.3, -0.25) is 0 Å². The third kappa shape index (κ3) is 20.2. The number of ether oxygens (including phenoxy) is 2. The lowest BCUT2D eigenvalue weighted by Crippen LogP contribution is -2.20. The minimum Gasteiger partial charge on any atom is -0.353 e. The maximum atomic E-state index is 6.09. The van der Waals surface area contributed by atoms with Gasteiger partial charge in [0.05, 0.1) is 0 Å². The molecular formula is C24H50O2. The molecule has 0 N–H and O–H groups in total. The molecule has 0 fully saturated rings. The summed E-state index contributed by atoms with van der Waals surface area (Å²) in [6.07, 6.45) is 19.3. The van der Waals surface area contributed by atoms with Gasteiger partial charge in [0.25, 0.3) is 0 Å². The highest BCUT2D eigenvalue weighted by molar-refractivity contribution is 4.62. The summed E-state index contributed by atoms with van der Waals surface area (Å²) in [6.45, 7) is 13.2. The topological polar surface area (TPSA) is 18.5 Å². The maximum Gasteiger partial charge on any atom is 0.157 e. The second-order valence-corrected chi connectivity index (χ2v) is 9.16. The van der Waals surface area contributed by atoms with Gasteiger partial charge in [0.15, 0.2) is 6.29 Å². The SMILES string of the molecule is CCCCCCCCOC(CCCC(C)(C)C)OCCCCCCCC. The Bertz CT molecular complexity index is 252. The van der Waals surface area contributed by atoms with Gasteiger partial charge < -0.3 is 9.47 Å². The van der Waals surface area contributed by atoms with Gasteiger partial charge in [-0.15, -0.1) is 0 Å². The zero-order valence-corrected chi connectivity index (χ0v) is 18.9. The lowest BCUT2D eigenvalue weighted by Gasteiger charge is -2.22. The largest absolute Gasteiger partial charge is 0.353 e. The first-order valence-corrected chi connectivity index (χ1v) is 11.7. The van der Waals surface area contributed by atoms with Crippen LogP contribution in [0.3, 0.4) is 0 Å². The summed E-state index contributed by atoms with van der Waals surface area (Å²) in [5.74, 6) is 0. The standard InChI is InChI=1S/C24H50O2/c1-6-8-10-12-14-16-21-25-23(19-18-20-24(3,4)5)26-22-17-15-13-11-9-7-2/h23H,6-22H2,1-5H3. The summed E-state index contributed by atoms with van der Waals surface area (Å²) in [5.41, 5.74) is 0.406. The first kappa shape index (κ1) is 25.9. The van der Waals surface area contributed by atoms with Gasteiger partial charge in [-0.1, -0.05) is 98.8 Å². The van der Waals surface area contributed by atoms with Gasteiger partial charge in [0, 0.05) is 13.2 Å². The van der Waals surface area contributed by atoms with Gasteiger partial charge >= 0.3 is 0 Å². The Morgan fingerprint density at radius 3 is 1.42 bits per heavy atom. The molecule has 0 saturated heterocycles. The van der Waals surface area contributed by atoms with Crippen LogP contribution in [0.5, 0.6) is 0 Å². The van der Waals surface area contributed by atoms with Crippen LogP contribution in [0.25, 0.3) is 0 Å². The molecule has 0 rings (SSSR count). The first-order chi connectivity index (χ1) is 12.5. The van der Waals surface area contributed by atoms with E-state index in [1.807, 2.05) is 0 Å². The van der Waals surface area contributed by atoms with Crippen LogP contribution in [-0.2, 0) is 9.47 Å². The second kappa shape index (κ2) is 18.3. The van der Waals surface area contributed by atoms with E-state index < -0.39 is 0 Å². The lowest BCUT2D eigenvalue weighted by molar-refractivity contribution is -0.148. The van der Waals surface area contributed by atoms with E-state index in [1.165, 1.54) is 89.9 Å². The Morgan fingerprint density at radius 2 is 1.00 bits per heavy atom. The molecule has 158 valence electrons. The molecule has 0 aliphatic rings. The Hall–Kier alpha value is -0.0800. The van der Waals surface area contributed by atoms with E-state index in [2.05, 4.69) is 34.6 Å². The van der Waals surface area contributed by atoms with E-state index in [1.54, 1.807) is 0 Å². The first-order valence-electron chi connectivity index (χ1n) is 11.7. The van der Waals surface area contributed by atoms with Crippen molar-refractivity contribution in [1.82, 2.24) is 0 Å². The molecule has 26 heavy (non-hydrogen) atoms. The summed E-state index contributed by atoms with van der Waals surface area (Å²) in [4.78, 5) is 0. The summed E-state index contributed by atoms with van der Waals surface area (Å²) in [5, 5.41) is 0. The molecular weight excluding hydrogens is 320 g/mol. The maximum absolute atomic E-state index is 6.09. The van der Waals surface area contributed by atoms with Crippen LogP contribution in [0, 0.1) is 5.41 Å². The molecule has 0 spiro atoms. The van der Waals surface area contributed by atoms with Crippen molar-refractivity contribution in [3.8, 4) is 0 Å². The van der Waals surface area contributed by atoms with Gasteiger partial charge in [-0.2, -0.15) is 0 Å². The Labute approximate surface area is 165 Å². The predicted octanol–water partition coefficient (Wildman–Crippen LogP) is 8.28. The van der Waals surface area contributed by atoms with E-state index >= 15 is 0 Å². The predicted molar refractivity (Wildman–Crippen MR) is 116 cm³/mol. The van der Waals surface area contributed by atoms with Crippen LogP contribution in [-0.4, -0.2) is 19.5 Å². The van der Waals surface area contributed by atoms with Crippen LogP contribution >= 0.6 is 0 Å². The molecule has 0 amide bonds. The van der Waals surface area contributed by atoms with Crippen molar-refractivity contribution in [2.45, 2.75) is 137 Å². The Morgan fingerprint density at radius 1 is 0.577 bits per heavy atom. The molecule has 0 aromatic rings. The van der Waals surface area contributed by atoms with Gasteiger partial charge in [-0.25, -0.2) is 0 Å². The Balaban J connectivity index is 3.86. The molecule has 0 atom stereocenters. The van der Waals surface area contributed by atoms with E-state index in [9.17, 15) is 0 Å². The quantitative estimate of drug-likeness (QED) is 0.168. The molecule has 0 bridgehead atoms. The summed E-state index contributed by atoms with van der Waals surface area (Å²) >= 11 is 0. The van der Waals surface area contributed by atoms with E-state index in [-0.39, 0.29) is 6.29 Å². The third-order valence-corrected chi connectivity index (χ3v) is 4.97. The van der Waals surface area contributed by atoms with Crippen LogP contribution < -0.4 is 0 Å². The normalized spacial score (nSPS) is 12.2. The minimum atomic E-state index is 0.0173. The second-order valence-electron chi connectivity index (χ2n) is 9.16. The van der Waals surface area contributed by atoms with Crippen LogP contribution in [0.4, 0.5) is 0 Å². The van der Waals surface area contributed by atoms with Crippen molar-refractivity contribution in [2.24, 2.45) is 5.41 Å². The highest BCUT2D eigenvalue weighted by Crippen LogP contribution is 2.23. The molecule has 0 aliphatic heterocycles. The number of unbranched alkanes of at least 4 members (excludes halogenated alkanes) is 10. The number of rotatable bonds is 19. The minimum absolute atomic E-state index is 0.0173. The van der Waals surface area contributed by atoms with Gasteiger partial charge in [-0.05, 0) is 37.5 Å². The summed E-state index contributed by atoms with van der Waals surface area (Å²) in [6, 6.07) is 0. The van der Waals surface area contributed by atoms with Crippen molar-refractivity contribution in [1.29, 1.82) is 0 Å². The average molecular weight is 371 g/mol. The van der Waals surface area contributed by atoms with Crippen molar-refractivity contribution in [2.75, 3.05) is 13.2 Å². The fraction of sp³-hybridized carbons (Fsp3) is 1.00. The van der Waals surface area contributed by atoms with E-state index in [0.717, 1.165) is 19.6 Å².